The molecule has 0 unspecified atom stereocenters. The second kappa shape index (κ2) is 10.4. The maximum atomic E-state index is 13.9. The minimum absolute atomic E-state index is 0.0105. The Morgan fingerprint density at radius 2 is 1.60 bits per heavy atom. The van der Waals surface area contributed by atoms with Crippen molar-refractivity contribution in [1.29, 1.82) is 0 Å². The standard InChI is InChI=1S/C32H34N2O6S2/c1-37-21-12-14-23-26(19-21)39-32(18-7-4-11-29(32)31(23)16-5-3-6-17-31)24-15-13-22(38-2)20-27(24)40-42(35,36)28-10-8-9-25-30(28)34-41-33-25/h8-10,12-15,19-20,29H,3-7,11,16-18H2,1-2H3/t29-,32-/m0/s1. The third-order valence-electron chi connectivity index (χ3n) is 9.65. The summed E-state index contributed by atoms with van der Waals surface area (Å²) in [5.74, 6) is 2.44. The Morgan fingerprint density at radius 1 is 0.857 bits per heavy atom. The molecule has 220 valence electrons. The minimum atomic E-state index is -4.27. The number of methoxy groups -OCH3 is 2. The van der Waals surface area contributed by atoms with Gasteiger partial charge < -0.3 is 18.4 Å². The number of benzene rings is 3. The van der Waals surface area contributed by atoms with Crippen LogP contribution < -0.4 is 18.4 Å². The lowest BCUT2D eigenvalue weighted by Gasteiger charge is -2.58. The Kier molecular flexibility index (Phi) is 6.81. The maximum Gasteiger partial charge on any atom is 0.341 e. The molecule has 1 aromatic heterocycles. The van der Waals surface area contributed by atoms with Gasteiger partial charge in [0.25, 0.3) is 0 Å². The molecular weight excluding hydrogens is 572 g/mol. The summed E-state index contributed by atoms with van der Waals surface area (Å²) in [6.45, 7) is 0. The van der Waals surface area contributed by atoms with E-state index in [1.54, 1.807) is 32.4 Å². The minimum Gasteiger partial charge on any atom is -0.497 e. The highest BCUT2D eigenvalue weighted by molar-refractivity contribution is 7.87. The van der Waals surface area contributed by atoms with Crippen LogP contribution in [-0.2, 0) is 21.1 Å². The molecule has 2 atom stereocenters. The first-order valence-corrected chi connectivity index (χ1v) is 16.8. The van der Waals surface area contributed by atoms with Gasteiger partial charge >= 0.3 is 10.1 Å². The van der Waals surface area contributed by atoms with Crippen LogP contribution in [0.3, 0.4) is 0 Å². The predicted molar refractivity (Wildman–Crippen MR) is 160 cm³/mol. The fraction of sp³-hybridized carbons (Fsp3) is 0.438. The molecule has 4 aromatic rings. The molecule has 1 spiro atoms. The summed E-state index contributed by atoms with van der Waals surface area (Å²) < 4.78 is 60.7. The van der Waals surface area contributed by atoms with Crippen LogP contribution in [0.5, 0.6) is 23.0 Å². The molecule has 0 saturated heterocycles. The van der Waals surface area contributed by atoms with Crippen LogP contribution in [0.25, 0.3) is 11.0 Å². The van der Waals surface area contributed by atoms with E-state index in [0.717, 1.165) is 80.2 Å². The van der Waals surface area contributed by atoms with E-state index in [-0.39, 0.29) is 22.0 Å². The largest absolute Gasteiger partial charge is 0.497 e. The molecule has 3 aromatic carbocycles. The van der Waals surface area contributed by atoms with Crippen molar-refractivity contribution in [3.63, 3.8) is 0 Å². The zero-order valence-corrected chi connectivity index (χ0v) is 25.4. The summed E-state index contributed by atoms with van der Waals surface area (Å²) in [5, 5.41) is 0. The van der Waals surface area contributed by atoms with Gasteiger partial charge in [-0.2, -0.15) is 17.2 Å². The van der Waals surface area contributed by atoms with Crippen molar-refractivity contribution in [2.24, 2.45) is 5.92 Å². The number of nitrogens with zero attached hydrogens (tertiary/aromatic N) is 2. The summed E-state index contributed by atoms with van der Waals surface area (Å²) in [6.07, 6.45) is 9.50. The highest BCUT2D eigenvalue weighted by Gasteiger charge is 2.60. The summed E-state index contributed by atoms with van der Waals surface area (Å²) in [4.78, 5) is -0.0105. The molecule has 0 amide bonds. The van der Waals surface area contributed by atoms with E-state index in [4.69, 9.17) is 18.4 Å². The SMILES string of the molecule is COc1ccc2c(c1)O[C@]1(c3ccc(OC)cc3OS(=O)(=O)c3cccc4nsnc34)CCCC[C@H]1C21CCCCC1. The first-order valence-electron chi connectivity index (χ1n) is 14.6. The van der Waals surface area contributed by atoms with Crippen molar-refractivity contribution in [1.82, 2.24) is 8.75 Å². The molecule has 7 rings (SSSR count). The van der Waals surface area contributed by atoms with E-state index in [1.165, 1.54) is 18.1 Å². The number of hydrogen-bond acceptors (Lipinski definition) is 9. The van der Waals surface area contributed by atoms with Crippen molar-refractivity contribution >= 4 is 32.9 Å². The fourth-order valence-electron chi connectivity index (χ4n) is 7.87. The summed E-state index contributed by atoms with van der Waals surface area (Å²) in [7, 11) is -1.04. The van der Waals surface area contributed by atoms with Gasteiger partial charge in [-0.15, -0.1) is 0 Å². The number of fused-ring (bicyclic) bond motifs is 5. The van der Waals surface area contributed by atoms with E-state index in [2.05, 4.69) is 14.8 Å². The lowest BCUT2D eigenvalue weighted by atomic mass is 9.51. The molecule has 2 fully saturated rings. The molecule has 42 heavy (non-hydrogen) atoms. The summed E-state index contributed by atoms with van der Waals surface area (Å²) >= 11 is 0.974. The van der Waals surface area contributed by atoms with Gasteiger partial charge in [0.15, 0.2) is 5.75 Å². The Balaban J connectivity index is 1.42. The Labute approximate surface area is 250 Å². The third kappa shape index (κ3) is 4.25. The van der Waals surface area contributed by atoms with Crippen LogP contribution in [0.4, 0.5) is 0 Å². The lowest BCUT2D eigenvalue weighted by Crippen LogP contribution is -2.57. The molecule has 3 aliphatic rings. The molecule has 0 bridgehead atoms. The van der Waals surface area contributed by atoms with Crippen LogP contribution in [0, 0.1) is 5.92 Å². The van der Waals surface area contributed by atoms with Crippen LogP contribution >= 0.6 is 11.7 Å². The van der Waals surface area contributed by atoms with Crippen molar-refractivity contribution in [3.05, 3.63) is 65.7 Å². The van der Waals surface area contributed by atoms with E-state index < -0.39 is 15.7 Å². The third-order valence-corrected chi connectivity index (χ3v) is 11.5. The average Bonchev–Trinajstić information content (AvgIpc) is 3.50. The first-order chi connectivity index (χ1) is 20.4. The van der Waals surface area contributed by atoms with Gasteiger partial charge in [0.2, 0.25) is 0 Å². The van der Waals surface area contributed by atoms with Gasteiger partial charge in [-0.05, 0) is 62.4 Å². The number of hydrogen-bond donors (Lipinski definition) is 0. The Morgan fingerprint density at radius 3 is 2.38 bits per heavy atom. The lowest BCUT2D eigenvalue weighted by molar-refractivity contribution is -0.0956. The highest BCUT2D eigenvalue weighted by Crippen LogP contribution is 2.64. The molecule has 8 nitrogen and oxygen atoms in total. The molecule has 0 N–H and O–H groups in total. The first kappa shape index (κ1) is 27.5. The molecule has 1 aliphatic heterocycles. The van der Waals surface area contributed by atoms with Crippen molar-refractivity contribution in [2.45, 2.75) is 73.7 Å². The van der Waals surface area contributed by atoms with Crippen molar-refractivity contribution in [3.8, 4) is 23.0 Å². The van der Waals surface area contributed by atoms with Gasteiger partial charge in [0.05, 0.1) is 25.9 Å². The molecule has 2 heterocycles. The van der Waals surface area contributed by atoms with Crippen LogP contribution in [-0.4, -0.2) is 31.4 Å². The zero-order chi connectivity index (χ0) is 29.0. The molecular formula is C32H34N2O6S2. The fourth-order valence-corrected chi connectivity index (χ4v) is 9.57. The van der Waals surface area contributed by atoms with E-state index in [1.807, 2.05) is 24.3 Å². The average molecular weight is 607 g/mol. The number of ether oxygens (including phenoxy) is 3. The normalized spacial score (nSPS) is 23.0. The second-order valence-corrected chi connectivity index (χ2v) is 13.7. The second-order valence-electron chi connectivity index (χ2n) is 11.7. The van der Waals surface area contributed by atoms with E-state index in [0.29, 0.717) is 16.8 Å². The summed E-state index contributed by atoms with van der Waals surface area (Å²) in [5.41, 5.74) is 1.95. The van der Waals surface area contributed by atoms with Crippen molar-refractivity contribution < 1.29 is 26.8 Å². The molecule has 0 radical (unpaired) electrons. The monoisotopic (exact) mass is 606 g/mol. The maximum absolute atomic E-state index is 13.9. The topological polar surface area (TPSA) is 96.8 Å². The summed E-state index contributed by atoms with van der Waals surface area (Å²) in [6, 6.07) is 16.6. The predicted octanol–water partition coefficient (Wildman–Crippen LogP) is 7.16. The zero-order valence-electron chi connectivity index (χ0n) is 23.8. The molecule has 2 aliphatic carbocycles. The van der Waals surface area contributed by atoms with E-state index in [9.17, 15) is 8.42 Å². The van der Waals surface area contributed by atoms with Gasteiger partial charge in [0.1, 0.15) is 38.8 Å². The van der Waals surface area contributed by atoms with Gasteiger partial charge in [-0.3, -0.25) is 0 Å². The van der Waals surface area contributed by atoms with Gasteiger partial charge in [-0.1, -0.05) is 37.8 Å². The highest BCUT2D eigenvalue weighted by atomic mass is 32.2. The van der Waals surface area contributed by atoms with E-state index >= 15 is 0 Å². The number of aromatic nitrogens is 2. The molecule has 2 saturated carbocycles. The number of rotatable bonds is 6. The molecule has 10 heteroatoms. The van der Waals surface area contributed by atoms with Gasteiger partial charge in [0, 0.05) is 34.6 Å². The quantitative estimate of drug-likeness (QED) is 0.213. The van der Waals surface area contributed by atoms with Crippen LogP contribution in [0.1, 0.15) is 68.9 Å². The van der Waals surface area contributed by atoms with Crippen molar-refractivity contribution in [2.75, 3.05) is 14.2 Å². The van der Waals surface area contributed by atoms with Crippen LogP contribution in [0.2, 0.25) is 0 Å². The van der Waals surface area contributed by atoms with Gasteiger partial charge in [-0.25, -0.2) is 0 Å². The Hall–Kier alpha value is -3.37. The Bertz CT molecular complexity index is 1750. The van der Waals surface area contributed by atoms with Crippen LogP contribution in [0.15, 0.2) is 59.5 Å². The smallest absolute Gasteiger partial charge is 0.341 e.